The van der Waals surface area contributed by atoms with Crippen molar-refractivity contribution in [2.45, 2.75) is 90.6 Å². The number of ketones is 1. The van der Waals surface area contributed by atoms with Crippen molar-refractivity contribution in [3.63, 3.8) is 0 Å². The number of hydrogen-bond acceptors (Lipinski definition) is 2. The van der Waals surface area contributed by atoms with Crippen molar-refractivity contribution in [3.8, 4) is 0 Å². The Morgan fingerprint density at radius 1 is 0.969 bits per heavy atom. The monoisotopic (exact) mass is 440 g/mol. The molecule has 0 aromatic heterocycles. The van der Waals surface area contributed by atoms with Gasteiger partial charge in [0.25, 0.3) is 0 Å². The lowest BCUT2D eigenvalue weighted by molar-refractivity contribution is -0.141. The third-order valence-electron chi connectivity index (χ3n) is 10.9. The fourth-order valence-electron chi connectivity index (χ4n) is 9.05. The first-order chi connectivity index (χ1) is 15.3. The molecule has 0 amide bonds. The molecule has 176 valence electrons. The molecule has 4 saturated carbocycles. The van der Waals surface area contributed by atoms with E-state index < -0.39 is 0 Å². The highest BCUT2D eigenvalue weighted by Crippen LogP contribution is 2.67. The first-order valence-electron chi connectivity index (χ1n) is 13.1. The molecule has 4 aliphatic rings. The molecule has 3 heteroatoms. The summed E-state index contributed by atoms with van der Waals surface area (Å²) in [4.78, 5) is 13.4. The first-order valence-corrected chi connectivity index (χ1v) is 13.1. The minimum atomic E-state index is -0.206. The number of hydrogen-bond donors (Lipinski definition) is 0. The zero-order chi connectivity index (χ0) is 22.5. The minimum absolute atomic E-state index is 0.188. The van der Waals surface area contributed by atoms with Crippen LogP contribution in [0.15, 0.2) is 24.3 Å². The Balaban J connectivity index is 1.27. The Hall–Kier alpha value is -1.22. The zero-order valence-electron chi connectivity index (χ0n) is 20.2. The van der Waals surface area contributed by atoms with E-state index in [4.69, 9.17) is 4.74 Å². The Morgan fingerprint density at radius 2 is 1.69 bits per heavy atom. The van der Waals surface area contributed by atoms with Crippen molar-refractivity contribution in [3.05, 3.63) is 35.6 Å². The summed E-state index contributed by atoms with van der Waals surface area (Å²) in [6.07, 6.45) is 13.2. The number of benzene rings is 1. The third kappa shape index (κ3) is 3.67. The van der Waals surface area contributed by atoms with E-state index in [2.05, 4.69) is 13.8 Å². The molecule has 0 radical (unpaired) electrons. The second-order valence-corrected chi connectivity index (χ2v) is 12.1. The minimum Gasteiger partial charge on any atom is -0.381 e. The highest BCUT2D eigenvalue weighted by Gasteiger charge is 2.61. The number of aryl methyl sites for hydroxylation is 1. The van der Waals surface area contributed by atoms with Crippen LogP contribution in [-0.4, -0.2) is 19.0 Å². The van der Waals surface area contributed by atoms with Gasteiger partial charge in [-0.25, -0.2) is 4.39 Å². The molecule has 0 heterocycles. The van der Waals surface area contributed by atoms with Crippen molar-refractivity contribution >= 4 is 5.78 Å². The third-order valence-corrected chi connectivity index (χ3v) is 10.9. The van der Waals surface area contributed by atoms with Crippen LogP contribution in [0.4, 0.5) is 4.39 Å². The van der Waals surface area contributed by atoms with Gasteiger partial charge in [-0.05, 0) is 116 Å². The van der Waals surface area contributed by atoms with Crippen LogP contribution in [0.5, 0.6) is 0 Å². The van der Waals surface area contributed by atoms with Crippen molar-refractivity contribution < 1.29 is 13.9 Å². The largest absolute Gasteiger partial charge is 0.381 e. The summed E-state index contributed by atoms with van der Waals surface area (Å²) in [5.74, 6) is 3.67. The summed E-state index contributed by atoms with van der Waals surface area (Å²) >= 11 is 0. The van der Waals surface area contributed by atoms with E-state index in [0.29, 0.717) is 23.7 Å². The quantitative estimate of drug-likeness (QED) is 0.493. The van der Waals surface area contributed by atoms with Crippen LogP contribution in [-0.2, 0) is 16.0 Å². The van der Waals surface area contributed by atoms with Gasteiger partial charge in [0, 0.05) is 19.4 Å². The van der Waals surface area contributed by atoms with Gasteiger partial charge in [0.05, 0.1) is 6.10 Å². The first kappa shape index (κ1) is 22.6. The molecule has 0 unspecified atom stereocenters. The van der Waals surface area contributed by atoms with Crippen LogP contribution in [0.1, 0.15) is 83.6 Å². The Bertz CT molecular complexity index is 834. The van der Waals surface area contributed by atoms with Crippen LogP contribution in [0.25, 0.3) is 0 Å². The molecule has 32 heavy (non-hydrogen) atoms. The van der Waals surface area contributed by atoms with Crippen molar-refractivity contribution in [1.82, 2.24) is 0 Å². The average Bonchev–Trinajstić information content (AvgIpc) is 3.15. The summed E-state index contributed by atoms with van der Waals surface area (Å²) in [6, 6.07) is 6.66. The van der Waals surface area contributed by atoms with Gasteiger partial charge in [0.15, 0.2) is 0 Å². The molecular formula is C29H41FO2. The standard InChI is InChI=1S/C29H41FO2/c1-28-16-14-22(32-3)18-20(28)7-10-23-24-11-12-26(29(24,2)17-15-25(23)28)27(31)13-6-19-4-8-21(30)9-5-19/h4-5,8-9,20,22-26H,6-7,10-18H2,1-3H3/t20-,22-,23-,24-,25-,26+,28-,29-/m0/s1. The molecule has 4 aliphatic carbocycles. The SMILES string of the molecule is CO[C@H]1CC[C@@]2(C)[C@@H](CC[C@@H]3[C@@H]2CC[C@]2(C)[C@@H](C(=O)CCc4ccc(F)cc4)CC[C@@H]32)C1. The number of halogens is 1. The van der Waals surface area contributed by atoms with Crippen LogP contribution in [0, 0.1) is 46.2 Å². The lowest BCUT2D eigenvalue weighted by atomic mass is 9.44. The van der Waals surface area contributed by atoms with Crippen molar-refractivity contribution in [2.75, 3.05) is 7.11 Å². The number of ether oxygens (including phenoxy) is 1. The van der Waals surface area contributed by atoms with Gasteiger partial charge in [0.2, 0.25) is 0 Å². The van der Waals surface area contributed by atoms with E-state index in [1.807, 2.05) is 19.2 Å². The van der Waals surface area contributed by atoms with Gasteiger partial charge in [-0.3, -0.25) is 4.79 Å². The van der Waals surface area contributed by atoms with E-state index >= 15 is 0 Å². The number of fused-ring (bicyclic) bond motifs is 5. The molecule has 1 aromatic rings. The summed E-state index contributed by atoms with van der Waals surface area (Å²) < 4.78 is 18.9. The van der Waals surface area contributed by atoms with E-state index in [1.54, 1.807) is 0 Å². The van der Waals surface area contributed by atoms with Gasteiger partial charge in [-0.2, -0.15) is 0 Å². The molecular weight excluding hydrogens is 399 g/mol. The Morgan fingerprint density at radius 3 is 2.44 bits per heavy atom. The molecule has 4 fully saturated rings. The van der Waals surface area contributed by atoms with Crippen LogP contribution < -0.4 is 0 Å². The van der Waals surface area contributed by atoms with Crippen LogP contribution >= 0.6 is 0 Å². The summed E-state index contributed by atoms with van der Waals surface area (Å²) in [5.41, 5.74) is 1.74. The topological polar surface area (TPSA) is 26.3 Å². The highest BCUT2D eigenvalue weighted by molar-refractivity contribution is 5.82. The molecule has 0 saturated heterocycles. The summed E-state index contributed by atoms with van der Waals surface area (Å²) in [6.45, 7) is 5.06. The molecule has 8 atom stereocenters. The van der Waals surface area contributed by atoms with Crippen LogP contribution in [0.3, 0.4) is 0 Å². The predicted octanol–water partition coefficient (Wildman–Crippen LogP) is 7.00. The molecule has 0 N–H and O–H groups in total. The molecule has 2 nitrogen and oxygen atoms in total. The maximum absolute atomic E-state index is 13.4. The van der Waals surface area contributed by atoms with E-state index in [9.17, 15) is 9.18 Å². The van der Waals surface area contributed by atoms with E-state index in [1.165, 1.54) is 63.5 Å². The fraction of sp³-hybridized carbons (Fsp3) is 0.759. The van der Waals surface area contributed by atoms with E-state index in [-0.39, 0.29) is 17.2 Å². The number of carbonyl (C=O) groups excluding carboxylic acids is 1. The lowest BCUT2D eigenvalue weighted by Gasteiger charge is -2.61. The molecule has 0 spiro atoms. The Kier molecular flexibility index (Phi) is 6.01. The second kappa shape index (κ2) is 8.53. The van der Waals surface area contributed by atoms with Gasteiger partial charge in [-0.15, -0.1) is 0 Å². The summed E-state index contributed by atoms with van der Waals surface area (Å²) in [7, 11) is 1.89. The summed E-state index contributed by atoms with van der Waals surface area (Å²) in [5, 5.41) is 0. The lowest BCUT2D eigenvalue weighted by Crippen LogP contribution is -2.54. The molecule has 5 rings (SSSR count). The predicted molar refractivity (Wildman–Crippen MR) is 126 cm³/mol. The zero-order valence-corrected chi connectivity index (χ0v) is 20.2. The smallest absolute Gasteiger partial charge is 0.136 e. The average molecular weight is 441 g/mol. The van der Waals surface area contributed by atoms with Gasteiger partial charge >= 0.3 is 0 Å². The van der Waals surface area contributed by atoms with Crippen molar-refractivity contribution in [1.29, 1.82) is 0 Å². The number of carbonyl (C=O) groups is 1. The van der Waals surface area contributed by atoms with Gasteiger partial charge < -0.3 is 4.74 Å². The molecule has 0 aliphatic heterocycles. The van der Waals surface area contributed by atoms with Crippen LogP contribution in [0.2, 0.25) is 0 Å². The Labute approximate surface area is 193 Å². The van der Waals surface area contributed by atoms with Gasteiger partial charge in [0.1, 0.15) is 11.6 Å². The second-order valence-electron chi connectivity index (χ2n) is 12.1. The normalized spacial score (nSPS) is 43.2. The number of Topliss-reactive ketones (excluding diaryl/α,β-unsaturated/α-hetero) is 1. The maximum atomic E-state index is 13.4. The van der Waals surface area contributed by atoms with Gasteiger partial charge in [-0.1, -0.05) is 26.0 Å². The number of rotatable bonds is 5. The molecule has 1 aromatic carbocycles. The molecule has 0 bridgehead atoms. The van der Waals surface area contributed by atoms with Crippen molar-refractivity contribution in [2.24, 2.45) is 40.4 Å². The number of methoxy groups -OCH3 is 1. The highest BCUT2D eigenvalue weighted by atomic mass is 19.1. The van der Waals surface area contributed by atoms with E-state index in [0.717, 1.165) is 42.1 Å². The fourth-order valence-corrected chi connectivity index (χ4v) is 9.05. The maximum Gasteiger partial charge on any atom is 0.136 e.